The summed E-state index contributed by atoms with van der Waals surface area (Å²) >= 11 is 1.38. The zero-order chi connectivity index (χ0) is 18.4. The topological polar surface area (TPSA) is 38.3 Å². The van der Waals surface area contributed by atoms with E-state index in [0.717, 1.165) is 5.56 Å². The van der Waals surface area contributed by atoms with Gasteiger partial charge in [0, 0.05) is 5.25 Å². The van der Waals surface area contributed by atoms with Crippen molar-refractivity contribution in [2.45, 2.75) is 31.0 Å². The molecule has 0 saturated heterocycles. The van der Waals surface area contributed by atoms with Gasteiger partial charge < -0.3 is 10.1 Å². The Labute approximate surface area is 148 Å². The van der Waals surface area contributed by atoms with E-state index in [1.807, 2.05) is 6.92 Å². The molecule has 1 amide bonds. The normalized spacial score (nSPS) is 13.4. The Morgan fingerprint density at radius 3 is 2.32 bits per heavy atom. The highest BCUT2D eigenvalue weighted by Crippen LogP contribution is 2.33. The van der Waals surface area contributed by atoms with Crippen molar-refractivity contribution >= 4 is 23.4 Å². The maximum Gasteiger partial charge on any atom is 0.387 e. The molecule has 2 unspecified atom stereocenters. The molecule has 0 aliphatic carbocycles. The highest BCUT2D eigenvalue weighted by atomic mass is 32.2. The minimum absolute atomic E-state index is 0.0537. The van der Waals surface area contributed by atoms with Gasteiger partial charge in [0.25, 0.3) is 0 Å². The average Bonchev–Trinajstić information content (AvgIpc) is 2.56. The summed E-state index contributed by atoms with van der Waals surface area (Å²) in [7, 11) is 0. The molecule has 0 bridgehead atoms. The number of amides is 1. The van der Waals surface area contributed by atoms with Crippen LogP contribution in [0.25, 0.3) is 0 Å². The van der Waals surface area contributed by atoms with E-state index in [1.54, 1.807) is 31.2 Å². The smallest absolute Gasteiger partial charge is 0.387 e. The Kier molecular flexibility index (Phi) is 6.75. The minimum atomic E-state index is -2.86. The molecular formula is C18H18F3NO2S. The maximum atomic E-state index is 13.6. The van der Waals surface area contributed by atoms with Gasteiger partial charge in [0.2, 0.25) is 5.91 Å². The number of nitrogens with one attached hydrogen (secondary N) is 1. The van der Waals surface area contributed by atoms with Crippen LogP contribution in [0.4, 0.5) is 18.9 Å². The van der Waals surface area contributed by atoms with Crippen molar-refractivity contribution in [1.29, 1.82) is 0 Å². The zero-order valence-corrected chi connectivity index (χ0v) is 14.5. The number of thioether (sulfide) groups is 1. The summed E-state index contributed by atoms with van der Waals surface area (Å²) in [6.45, 7) is 0.770. The number of anilines is 1. The van der Waals surface area contributed by atoms with Crippen LogP contribution >= 0.6 is 11.8 Å². The molecule has 2 atom stereocenters. The van der Waals surface area contributed by atoms with Crippen LogP contribution in [0.15, 0.2) is 48.5 Å². The van der Waals surface area contributed by atoms with Crippen LogP contribution in [0.1, 0.15) is 24.7 Å². The molecule has 25 heavy (non-hydrogen) atoms. The number of benzene rings is 2. The summed E-state index contributed by atoms with van der Waals surface area (Å²) in [6.07, 6.45) is 0. The molecule has 0 spiro atoms. The summed E-state index contributed by atoms with van der Waals surface area (Å²) in [5.74, 6) is -0.711. The fraction of sp³-hybridized carbons (Fsp3) is 0.278. The van der Waals surface area contributed by atoms with Crippen molar-refractivity contribution in [3.63, 3.8) is 0 Å². The van der Waals surface area contributed by atoms with Crippen molar-refractivity contribution < 1.29 is 22.7 Å². The number of carbonyl (C=O) groups is 1. The summed E-state index contributed by atoms with van der Waals surface area (Å²) in [5.41, 5.74) is 1.01. The van der Waals surface area contributed by atoms with E-state index < -0.39 is 17.7 Å². The molecule has 0 aliphatic rings. The molecule has 3 nitrogen and oxygen atoms in total. The van der Waals surface area contributed by atoms with Gasteiger partial charge in [-0.2, -0.15) is 8.78 Å². The van der Waals surface area contributed by atoms with E-state index in [9.17, 15) is 18.0 Å². The first-order chi connectivity index (χ1) is 11.9. The van der Waals surface area contributed by atoms with E-state index in [-0.39, 0.29) is 22.6 Å². The van der Waals surface area contributed by atoms with Crippen molar-refractivity contribution in [1.82, 2.24) is 0 Å². The van der Waals surface area contributed by atoms with E-state index in [2.05, 4.69) is 10.1 Å². The molecule has 2 rings (SSSR count). The predicted octanol–water partition coefficient (Wildman–Crippen LogP) is 5.25. The summed E-state index contributed by atoms with van der Waals surface area (Å²) in [4.78, 5) is 12.2. The highest BCUT2D eigenvalue weighted by molar-refractivity contribution is 8.00. The Morgan fingerprint density at radius 2 is 1.72 bits per heavy atom. The van der Waals surface area contributed by atoms with Crippen molar-refractivity contribution in [2.75, 3.05) is 5.32 Å². The second-order valence-corrected chi connectivity index (χ2v) is 7.02. The van der Waals surface area contributed by atoms with Crippen LogP contribution in [-0.2, 0) is 4.79 Å². The Balaban J connectivity index is 1.93. The predicted molar refractivity (Wildman–Crippen MR) is 93.6 cm³/mol. The molecule has 0 aromatic heterocycles. The number of para-hydroxylation sites is 1. The fourth-order valence-corrected chi connectivity index (χ4v) is 3.27. The van der Waals surface area contributed by atoms with E-state index in [1.165, 1.54) is 36.0 Å². The van der Waals surface area contributed by atoms with Crippen molar-refractivity contribution in [3.05, 3.63) is 59.9 Å². The molecule has 0 aliphatic heterocycles. The molecule has 2 aromatic carbocycles. The van der Waals surface area contributed by atoms with Crippen LogP contribution in [0.5, 0.6) is 5.75 Å². The van der Waals surface area contributed by atoms with Gasteiger partial charge in [0.05, 0.1) is 10.9 Å². The van der Waals surface area contributed by atoms with E-state index in [0.29, 0.717) is 0 Å². The second kappa shape index (κ2) is 8.80. The second-order valence-electron chi connectivity index (χ2n) is 5.34. The third-order valence-electron chi connectivity index (χ3n) is 3.48. The number of ether oxygens (including phenoxy) is 1. The molecule has 0 radical (unpaired) electrons. The minimum Gasteiger partial charge on any atom is -0.435 e. The first kappa shape index (κ1) is 19.2. The van der Waals surface area contributed by atoms with Crippen LogP contribution in [0.3, 0.4) is 0 Å². The number of alkyl halides is 2. The van der Waals surface area contributed by atoms with Gasteiger partial charge in [-0.3, -0.25) is 4.79 Å². The van der Waals surface area contributed by atoms with Gasteiger partial charge in [-0.1, -0.05) is 24.3 Å². The molecule has 134 valence electrons. The standard InChI is InChI=1S/C18H18F3NO2S/c1-11(13-7-9-14(10-8-13)24-18(20)21)25-12(2)17(23)22-16-6-4-3-5-15(16)19/h3-12,18H,1-2H3,(H,22,23). The fourth-order valence-electron chi connectivity index (χ4n) is 2.16. The van der Waals surface area contributed by atoms with Crippen LogP contribution in [-0.4, -0.2) is 17.8 Å². The lowest BCUT2D eigenvalue weighted by molar-refractivity contribution is -0.115. The molecule has 0 heterocycles. The van der Waals surface area contributed by atoms with Crippen LogP contribution < -0.4 is 10.1 Å². The number of carbonyl (C=O) groups excluding carboxylic acids is 1. The summed E-state index contributed by atoms with van der Waals surface area (Å²) < 4.78 is 42.2. The van der Waals surface area contributed by atoms with Gasteiger partial charge in [0.1, 0.15) is 11.6 Å². The van der Waals surface area contributed by atoms with Crippen molar-refractivity contribution in [2.24, 2.45) is 0 Å². The zero-order valence-electron chi connectivity index (χ0n) is 13.7. The number of halogens is 3. The first-order valence-corrected chi connectivity index (χ1v) is 8.56. The summed E-state index contributed by atoms with van der Waals surface area (Å²) in [5, 5.41) is 2.08. The Hall–Kier alpha value is -2.15. The first-order valence-electron chi connectivity index (χ1n) is 7.62. The van der Waals surface area contributed by atoms with Gasteiger partial charge in [-0.25, -0.2) is 4.39 Å². The lowest BCUT2D eigenvalue weighted by atomic mass is 10.1. The number of hydrogen-bond donors (Lipinski definition) is 1. The van der Waals surface area contributed by atoms with E-state index >= 15 is 0 Å². The maximum absolute atomic E-state index is 13.6. The average molecular weight is 369 g/mol. The molecule has 0 fully saturated rings. The third-order valence-corrected chi connectivity index (χ3v) is 4.79. The summed E-state index contributed by atoms with van der Waals surface area (Å²) in [6, 6.07) is 12.2. The van der Waals surface area contributed by atoms with E-state index in [4.69, 9.17) is 0 Å². The largest absolute Gasteiger partial charge is 0.435 e. The Morgan fingerprint density at radius 1 is 1.08 bits per heavy atom. The highest BCUT2D eigenvalue weighted by Gasteiger charge is 2.19. The Bertz CT molecular complexity index is 710. The van der Waals surface area contributed by atoms with Gasteiger partial charge in [0.15, 0.2) is 0 Å². The monoisotopic (exact) mass is 369 g/mol. The number of rotatable bonds is 7. The van der Waals surface area contributed by atoms with Gasteiger partial charge >= 0.3 is 6.61 Å². The molecule has 1 N–H and O–H groups in total. The van der Waals surface area contributed by atoms with Gasteiger partial charge in [-0.05, 0) is 43.7 Å². The molecule has 0 saturated carbocycles. The molecular weight excluding hydrogens is 351 g/mol. The SMILES string of the molecule is CC(SC(C)c1ccc(OC(F)F)cc1)C(=O)Nc1ccccc1F. The quantitative estimate of drug-likeness (QED) is 0.725. The van der Waals surface area contributed by atoms with Crippen molar-refractivity contribution in [3.8, 4) is 5.75 Å². The van der Waals surface area contributed by atoms with Gasteiger partial charge in [-0.15, -0.1) is 11.8 Å². The van der Waals surface area contributed by atoms with Crippen LogP contribution in [0, 0.1) is 5.82 Å². The lowest BCUT2D eigenvalue weighted by Crippen LogP contribution is -2.23. The molecule has 7 heteroatoms. The van der Waals surface area contributed by atoms with Crippen LogP contribution in [0.2, 0.25) is 0 Å². The molecule has 2 aromatic rings. The lowest BCUT2D eigenvalue weighted by Gasteiger charge is -2.18. The number of hydrogen-bond acceptors (Lipinski definition) is 3. The third kappa shape index (κ3) is 5.70.